The summed E-state index contributed by atoms with van der Waals surface area (Å²) >= 11 is 0. The largest absolute Gasteiger partial charge is 0.507 e. The number of para-hydroxylation sites is 1. The Balaban J connectivity index is 2.70. The van der Waals surface area contributed by atoms with Crippen LogP contribution in [-0.4, -0.2) is 32.4 Å². The minimum atomic E-state index is -1.21. The first-order valence-electron chi connectivity index (χ1n) is 7.66. The first kappa shape index (κ1) is 18.8. The number of phenols is 2. The van der Waals surface area contributed by atoms with Crippen molar-refractivity contribution in [1.29, 1.82) is 0 Å². The summed E-state index contributed by atoms with van der Waals surface area (Å²) in [7, 11) is 0. The molecule has 26 heavy (non-hydrogen) atoms. The van der Waals surface area contributed by atoms with E-state index in [4.69, 9.17) is 10.2 Å². The zero-order valence-corrected chi connectivity index (χ0v) is 13.9. The maximum absolute atomic E-state index is 11.2. The van der Waals surface area contributed by atoms with Crippen LogP contribution in [0.2, 0.25) is 0 Å². The van der Waals surface area contributed by atoms with Crippen molar-refractivity contribution in [2.24, 2.45) is 0 Å². The van der Waals surface area contributed by atoms with Crippen LogP contribution in [0.1, 0.15) is 11.1 Å². The van der Waals surface area contributed by atoms with Crippen molar-refractivity contribution in [3.63, 3.8) is 0 Å². The highest BCUT2D eigenvalue weighted by molar-refractivity contribution is 5.89. The van der Waals surface area contributed by atoms with E-state index < -0.39 is 11.9 Å². The number of aliphatic carboxylic acids is 2. The fourth-order valence-electron chi connectivity index (χ4n) is 2.63. The highest BCUT2D eigenvalue weighted by Gasteiger charge is 2.21. The molecule has 0 atom stereocenters. The van der Waals surface area contributed by atoms with Crippen LogP contribution in [-0.2, 0) is 22.4 Å². The molecule has 2 aromatic carbocycles. The molecule has 0 fully saturated rings. The molecule has 0 bridgehead atoms. The van der Waals surface area contributed by atoms with Gasteiger partial charge in [0.1, 0.15) is 11.5 Å². The van der Waals surface area contributed by atoms with Gasteiger partial charge in [-0.05, 0) is 23.3 Å². The second-order valence-corrected chi connectivity index (χ2v) is 5.79. The molecule has 0 unspecified atom stereocenters. The molecule has 0 aliphatic carbocycles. The van der Waals surface area contributed by atoms with Crippen molar-refractivity contribution < 1.29 is 30.0 Å². The quantitative estimate of drug-likeness (QED) is 0.568. The van der Waals surface area contributed by atoms with Gasteiger partial charge in [0.25, 0.3) is 0 Å². The Hall–Kier alpha value is -3.54. The Bertz CT molecular complexity index is 911. The smallest absolute Gasteiger partial charge is 0.331 e. The number of benzene rings is 2. The van der Waals surface area contributed by atoms with Gasteiger partial charge in [0.15, 0.2) is 0 Å². The summed E-state index contributed by atoms with van der Waals surface area (Å²) in [4.78, 5) is 22.3. The molecule has 0 saturated heterocycles. The Morgan fingerprint density at radius 3 is 1.96 bits per heavy atom. The predicted molar refractivity (Wildman–Crippen MR) is 96.2 cm³/mol. The Morgan fingerprint density at radius 2 is 1.38 bits per heavy atom. The Morgan fingerprint density at radius 1 is 0.808 bits per heavy atom. The standard InChI is InChI=1S/C20H18O6/c1-11(19(23)24)9-13-7-8-17(22)18(14-5-3-4-6-16(14)21)15(13)10-12(2)20(25)26/h3-8,21-22H,1-2,9-10H2,(H,23,24)(H,25,26). The highest BCUT2D eigenvalue weighted by atomic mass is 16.4. The summed E-state index contributed by atoms with van der Waals surface area (Å²) in [5.41, 5.74) is 1.19. The van der Waals surface area contributed by atoms with E-state index >= 15 is 0 Å². The van der Waals surface area contributed by atoms with Gasteiger partial charge in [-0.2, -0.15) is 0 Å². The second-order valence-electron chi connectivity index (χ2n) is 5.79. The average molecular weight is 354 g/mol. The van der Waals surface area contributed by atoms with Gasteiger partial charge in [-0.3, -0.25) is 0 Å². The zero-order chi connectivity index (χ0) is 19.4. The van der Waals surface area contributed by atoms with Crippen LogP contribution in [0.4, 0.5) is 0 Å². The molecule has 0 amide bonds. The summed E-state index contributed by atoms with van der Waals surface area (Å²) in [6.45, 7) is 7.01. The summed E-state index contributed by atoms with van der Waals surface area (Å²) < 4.78 is 0. The average Bonchev–Trinajstić information content (AvgIpc) is 2.58. The lowest BCUT2D eigenvalue weighted by Gasteiger charge is -2.18. The minimum Gasteiger partial charge on any atom is -0.507 e. The minimum absolute atomic E-state index is 0.0432. The van der Waals surface area contributed by atoms with Gasteiger partial charge in [-0.25, -0.2) is 9.59 Å². The van der Waals surface area contributed by atoms with E-state index in [-0.39, 0.29) is 41.1 Å². The number of aromatic hydroxyl groups is 2. The highest BCUT2D eigenvalue weighted by Crippen LogP contribution is 2.40. The van der Waals surface area contributed by atoms with Crippen molar-refractivity contribution in [3.8, 4) is 22.6 Å². The van der Waals surface area contributed by atoms with Crippen molar-refractivity contribution in [2.45, 2.75) is 12.8 Å². The van der Waals surface area contributed by atoms with Crippen LogP contribution in [0.25, 0.3) is 11.1 Å². The fraction of sp³-hybridized carbons (Fsp3) is 0.100. The maximum Gasteiger partial charge on any atom is 0.331 e. The second kappa shape index (κ2) is 7.57. The molecule has 6 nitrogen and oxygen atoms in total. The van der Waals surface area contributed by atoms with Crippen molar-refractivity contribution in [2.75, 3.05) is 0 Å². The van der Waals surface area contributed by atoms with E-state index in [0.717, 1.165) is 0 Å². The van der Waals surface area contributed by atoms with Gasteiger partial charge in [-0.1, -0.05) is 37.4 Å². The van der Waals surface area contributed by atoms with E-state index in [1.807, 2.05) is 0 Å². The summed E-state index contributed by atoms with van der Waals surface area (Å²) in [5.74, 6) is -2.65. The number of carboxylic acid groups (broad SMARTS) is 2. The summed E-state index contributed by atoms with van der Waals surface area (Å²) in [5, 5.41) is 38.8. The third kappa shape index (κ3) is 3.92. The van der Waals surface area contributed by atoms with Crippen LogP contribution in [0.15, 0.2) is 60.7 Å². The van der Waals surface area contributed by atoms with Crippen LogP contribution >= 0.6 is 0 Å². The van der Waals surface area contributed by atoms with Crippen molar-refractivity contribution in [3.05, 3.63) is 71.8 Å². The SMILES string of the molecule is C=C(Cc1ccc(O)c(-c2ccccc2O)c1CC(=C)C(=O)O)C(=O)O. The number of carboxylic acids is 2. The van der Waals surface area contributed by atoms with Crippen molar-refractivity contribution in [1.82, 2.24) is 0 Å². The van der Waals surface area contributed by atoms with E-state index in [1.165, 1.54) is 18.2 Å². The lowest BCUT2D eigenvalue weighted by Crippen LogP contribution is -2.09. The molecule has 0 saturated carbocycles. The van der Waals surface area contributed by atoms with Crippen LogP contribution in [0.3, 0.4) is 0 Å². The van der Waals surface area contributed by atoms with Crippen LogP contribution in [0, 0.1) is 0 Å². The van der Waals surface area contributed by atoms with Crippen LogP contribution < -0.4 is 0 Å². The lowest BCUT2D eigenvalue weighted by molar-refractivity contribution is -0.133. The maximum atomic E-state index is 11.2. The van der Waals surface area contributed by atoms with Crippen LogP contribution in [0.5, 0.6) is 11.5 Å². The van der Waals surface area contributed by atoms with Gasteiger partial charge >= 0.3 is 11.9 Å². The molecule has 4 N–H and O–H groups in total. The summed E-state index contributed by atoms with van der Waals surface area (Å²) in [6, 6.07) is 9.17. The topological polar surface area (TPSA) is 115 Å². The molecule has 0 radical (unpaired) electrons. The monoisotopic (exact) mass is 354 g/mol. The van der Waals surface area contributed by atoms with E-state index in [9.17, 15) is 19.8 Å². The van der Waals surface area contributed by atoms with Gasteiger partial charge in [0.2, 0.25) is 0 Å². The van der Waals surface area contributed by atoms with Gasteiger partial charge in [0.05, 0.1) is 0 Å². The van der Waals surface area contributed by atoms with E-state index in [1.54, 1.807) is 18.2 Å². The zero-order valence-electron chi connectivity index (χ0n) is 13.9. The molecule has 6 heteroatoms. The molecular weight excluding hydrogens is 336 g/mol. The lowest BCUT2D eigenvalue weighted by atomic mass is 9.87. The number of phenolic OH excluding ortho intramolecular Hbond substituents is 2. The third-order valence-corrected chi connectivity index (χ3v) is 3.96. The molecule has 0 heterocycles. The normalized spacial score (nSPS) is 10.3. The number of hydrogen-bond donors (Lipinski definition) is 4. The predicted octanol–water partition coefficient (Wildman–Crippen LogP) is 3.13. The molecule has 2 rings (SSSR count). The molecule has 0 aromatic heterocycles. The molecule has 134 valence electrons. The fourth-order valence-corrected chi connectivity index (χ4v) is 2.63. The van der Waals surface area contributed by atoms with E-state index in [0.29, 0.717) is 16.7 Å². The molecule has 0 aliphatic rings. The number of rotatable bonds is 7. The molecule has 2 aromatic rings. The van der Waals surface area contributed by atoms with Crippen molar-refractivity contribution >= 4 is 11.9 Å². The molecule has 0 spiro atoms. The van der Waals surface area contributed by atoms with Gasteiger partial charge in [-0.15, -0.1) is 0 Å². The summed E-state index contributed by atoms with van der Waals surface area (Å²) in [6.07, 6.45) is -0.173. The van der Waals surface area contributed by atoms with Gasteiger partial charge < -0.3 is 20.4 Å². The number of carbonyl (C=O) groups is 2. The third-order valence-electron chi connectivity index (χ3n) is 3.96. The Labute approximate surface area is 150 Å². The number of hydrogen-bond acceptors (Lipinski definition) is 4. The van der Waals surface area contributed by atoms with Gasteiger partial charge in [0, 0.05) is 35.1 Å². The Kier molecular flexibility index (Phi) is 5.47. The first-order chi connectivity index (χ1) is 12.2. The molecule has 0 aliphatic heterocycles. The molecular formula is C20H18O6. The van der Waals surface area contributed by atoms with E-state index in [2.05, 4.69) is 13.2 Å². The first-order valence-corrected chi connectivity index (χ1v) is 7.66.